The summed E-state index contributed by atoms with van der Waals surface area (Å²) in [4.78, 5) is 47.5. The number of ether oxygens (including phenoxy) is 1. The molecule has 4 N–H and O–H groups in total. The SMILES string of the molecule is CCCCCC/C=C\C/C=C\C(CCCCCCCCC(=O)NCC(=O)NC(CO)C(=O)O)OC(=O)CCCCCCCCCCC/C=C\C/C=C\CCCCCCC. The van der Waals surface area contributed by atoms with Crippen molar-refractivity contribution in [1.29, 1.82) is 0 Å². The first-order valence-corrected chi connectivity index (χ1v) is 24.0. The van der Waals surface area contributed by atoms with Crippen LogP contribution < -0.4 is 10.6 Å². The number of rotatable bonds is 43. The Kier molecular flexibility index (Phi) is 41.9. The maximum absolute atomic E-state index is 12.8. The molecule has 0 aromatic heterocycles. The van der Waals surface area contributed by atoms with Gasteiger partial charge in [-0.1, -0.05) is 172 Å². The van der Waals surface area contributed by atoms with Crippen LogP contribution in [-0.2, 0) is 23.9 Å². The quantitative estimate of drug-likeness (QED) is 0.0272. The first-order valence-electron chi connectivity index (χ1n) is 24.0. The molecule has 0 aliphatic carbocycles. The molecule has 9 nitrogen and oxygen atoms in total. The lowest BCUT2D eigenvalue weighted by molar-refractivity contribution is -0.147. The number of aliphatic hydroxyl groups excluding tert-OH is 1. The Morgan fingerprint density at radius 2 is 0.966 bits per heavy atom. The average molecular weight is 829 g/mol. The predicted molar refractivity (Wildman–Crippen MR) is 245 cm³/mol. The molecule has 340 valence electrons. The van der Waals surface area contributed by atoms with Gasteiger partial charge >= 0.3 is 11.9 Å². The molecule has 0 radical (unpaired) electrons. The van der Waals surface area contributed by atoms with Crippen LogP contribution in [0.25, 0.3) is 0 Å². The molecule has 0 heterocycles. The number of allylic oxidation sites excluding steroid dienone is 7. The summed E-state index contributed by atoms with van der Waals surface area (Å²) in [5, 5.41) is 22.5. The minimum absolute atomic E-state index is 0.0974. The van der Waals surface area contributed by atoms with Gasteiger partial charge in [0.2, 0.25) is 11.8 Å². The van der Waals surface area contributed by atoms with Crippen LogP contribution in [0, 0.1) is 0 Å². The van der Waals surface area contributed by atoms with Gasteiger partial charge in [0.15, 0.2) is 0 Å². The number of carbonyl (C=O) groups excluding carboxylic acids is 3. The minimum atomic E-state index is -1.38. The zero-order valence-electron chi connectivity index (χ0n) is 37.8. The maximum atomic E-state index is 12.8. The standard InChI is InChI=1S/C50H88N2O7/c1-3-5-7-9-11-13-14-15-16-17-18-19-20-21-22-23-24-26-28-34-38-42-49(56)59-45(39-35-31-27-25-12-10-8-6-4-2)40-36-32-29-30-33-37-41-47(54)51-43-48(55)52-46(44-53)50(57)58/h14-15,17-18,25,27,35,39,45-46,53H,3-13,16,19-24,26,28-34,36-38,40-44H2,1-2H3,(H,51,54)(H,52,55)(H,57,58)/b15-14-,18-17-,27-25-,39-35-. The number of esters is 1. The molecule has 2 atom stereocenters. The molecule has 0 saturated carbocycles. The van der Waals surface area contributed by atoms with Crippen molar-refractivity contribution in [1.82, 2.24) is 10.6 Å². The molecule has 0 saturated heterocycles. The van der Waals surface area contributed by atoms with Crippen LogP contribution in [0.1, 0.15) is 219 Å². The largest absolute Gasteiger partial charge is 0.480 e. The molecule has 0 aromatic carbocycles. The number of aliphatic hydroxyl groups is 1. The first-order chi connectivity index (χ1) is 28.8. The highest BCUT2D eigenvalue weighted by molar-refractivity contribution is 5.87. The van der Waals surface area contributed by atoms with Crippen molar-refractivity contribution in [3.63, 3.8) is 0 Å². The second kappa shape index (κ2) is 44.4. The zero-order chi connectivity index (χ0) is 43.3. The molecule has 59 heavy (non-hydrogen) atoms. The number of hydrogen-bond donors (Lipinski definition) is 4. The highest BCUT2D eigenvalue weighted by Crippen LogP contribution is 2.16. The van der Waals surface area contributed by atoms with Crippen LogP contribution in [0.5, 0.6) is 0 Å². The molecule has 0 fully saturated rings. The van der Waals surface area contributed by atoms with E-state index in [1.807, 2.05) is 0 Å². The molecule has 9 heteroatoms. The van der Waals surface area contributed by atoms with Gasteiger partial charge in [-0.25, -0.2) is 4.79 Å². The molecule has 0 spiro atoms. The van der Waals surface area contributed by atoms with Crippen LogP contribution >= 0.6 is 0 Å². The van der Waals surface area contributed by atoms with Gasteiger partial charge in [0, 0.05) is 12.8 Å². The van der Waals surface area contributed by atoms with E-state index in [4.69, 9.17) is 14.9 Å². The smallest absolute Gasteiger partial charge is 0.328 e. The summed E-state index contributed by atoms with van der Waals surface area (Å²) in [6, 6.07) is -1.38. The summed E-state index contributed by atoms with van der Waals surface area (Å²) in [5.74, 6) is -2.35. The van der Waals surface area contributed by atoms with Crippen molar-refractivity contribution in [2.24, 2.45) is 0 Å². The monoisotopic (exact) mass is 829 g/mol. The Morgan fingerprint density at radius 1 is 0.525 bits per heavy atom. The second-order valence-electron chi connectivity index (χ2n) is 16.2. The highest BCUT2D eigenvalue weighted by Gasteiger charge is 2.18. The molecular formula is C50H88N2O7. The molecule has 0 aromatic rings. The Hall–Kier alpha value is -3.20. The Labute approximate surface area is 360 Å². The summed E-state index contributed by atoms with van der Waals surface area (Å²) in [6.07, 6.45) is 53.1. The van der Waals surface area contributed by atoms with Crippen molar-refractivity contribution in [3.8, 4) is 0 Å². The maximum Gasteiger partial charge on any atom is 0.328 e. The van der Waals surface area contributed by atoms with Gasteiger partial charge in [-0.2, -0.15) is 0 Å². The normalized spacial score (nSPS) is 12.9. The third-order valence-electron chi connectivity index (χ3n) is 10.5. The van der Waals surface area contributed by atoms with Crippen molar-refractivity contribution in [2.45, 2.75) is 231 Å². The zero-order valence-corrected chi connectivity index (χ0v) is 37.8. The fourth-order valence-electron chi connectivity index (χ4n) is 6.81. The first kappa shape index (κ1) is 55.8. The summed E-state index contributed by atoms with van der Waals surface area (Å²) in [5.41, 5.74) is 0. The van der Waals surface area contributed by atoms with E-state index in [-0.39, 0.29) is 24.5 Å². The third kappa shape index (κ3) is 41.3. The van der Waals surface area contributed by atoms with Gasteiger partial charge in [0.05, 0.1) is 13.2 Å². The van der Waals surface area contributed by atoms with Gasteiger partial charge < -0.3 is 25.6 Å². The highest BCUT2D eigenvalue weighted by atomic mass is 16.5. The van der Waals surface area contributed by atoms with Gasteiger partial charge in [0.25, 0.3) is 0 Å². The predicted octanol–water partition coefficient (Wildman–Crippen LogP) is 12.3. The minimum Gasteiger partial charge on any atom is -0.480 e. The topological polar surface area (TPSA) is 142 Å². The van der Waals surface area contributed by atoms with E-state index in [0.717, 1.165) is 70.6 Å². The van der Waals surface area contributed by atoms with E-state index in [1.165, 1.54) is 116 Å². The number of carboxylic acid groups (broad SMARTS) is 1. The van der Waals surface area contributed by atoms with Gasteiger partial charge in [-0.3, -0.25) is 14.4 Å². The van der Waals surface area contributed by atoms with E-state index in [2.05, 4.69) is 73.1 Å². The Bertz CT molecular complexity index is 1130. The Balaban J connectivity index is 4.21. The van der Waals surface area contributed by atoms with E-state index < -0.39 is 24.5 Å². The number of unbranched alkanes of at least 4 members (excludes halogenated alkanes) is 23. The number of hydrogen-bond acceptors (Lipinski definition) is 6. The van der Waals surface area contributed by atoms with Crippen LogP contribution in [0.3, 0.4) is 0 Å². The van der Waals surface area contributed by atoms with Gasteiger partial charge in [0.1, 0.15) is 12.1 Å². The molecule has 0 aliphatic rings. The number of nitrogens with one attached hydrogen (secondary N) is 2. The van der Waals surface area contributed by atoms with Crippen molar-refractivity contribution < 1.29 is 34.1 Å². The number of aliphatic carboxylic acids is 1. The fourth-order valence-corrected chi connectivity index (χ4v) is 6.81. The van der Waals surface area contributed by atoms with Crippen LogP contribution in [0.2, 0.25) is 0 Å². The molecule has 2 amide bonds. The number of carbonyl (C=O) groups is 4. The van der Waals surface area contributed by atoms with Crippen molar-refractivity contribution in [2.75, 3.05) is 13.2 Å². The molecule has 0 aliphatic heterocycles. The second-order valence-corrected chi connectivity index (χ2v) is 16.2. The Morgan fingerprint density at radius 3 is 1.47 bits per heavy atom. The van der Waals surface area contributed by atoms with E-state index in [0.29, 0.717) is 19.3 Å². The third-order valence-corrected chi connectivity index (χ3v) is 10.5. The van der Waals surface area contributed by atoms with Crippen LogP contribution in [0.4, 0.5) is 0 Å². The molecule has 0 rings (SSSR count). The van der Waals surface area contributed by atoms with Crippen molar-refractivity contribution >= 4 is 23.8 Å². The summed E-state index contributed by atoms with van der Waals surface area (Å²) in [6.45, 7) is 3.45. The lowest BCUT2D eigenvalue weighted by Gasteiger charge is -2.15. The van der Waals surface area contributed by atoms with Crippen molar-refractivity contribution in [3.05, 3.63) is 48.6 Å². The van der Waals surface area contributed by atoms with Gasteiger partial charge in [-0.15, -0.1) is 0 Å². The van der Waals surface area contributed by atoms with Gasteiger partial charge in [-0.05, 0) is 83.1 Å². The number of amides is 2. The lowest BCUT2D eigenvalue weighted by Crippen LogP contribution is -2.47. The van der Waals surface area contributed by atoms with Crippen LogP contribution in [0.15, 0.2) is 48.6 Å². The summed E-state index contributed by atoms with van der Waals surface area (Å²) < 4.78 is 5.94. The van der Waals surface area contributed by atoms with E-state index in [1.54, 1.807) is 0 Å². The van der Waals surface area contributed by atoms with E-state index in [9.17, 15) is 19.2 Å². The lowest BCUT2D eigenvalue weighted by atomic mass is 10.0. The molecular weight excluding hydrogens is 741 g/mol. The van der Waals surface area contributed by atoms with Crippen LogP contribution in [-0.4, -0.2) is 59.3 Å². The number of carboxylic acids is 1. The average Bonchev–Trinajstić information content (AvgIpc) is 3.22. The van der Waals surface area contributed by atoms with E-state index >= 15 is 0 Å². The fraction of sp³-hybridized carbons (Fsp3) is 0.760. The molecule has 0 bridgehead atoms. The summed E-state index contributed by atoms with van der Waals surface area (Å²) in [7, 11) is 0. The molecule has 2 unspecified atom stereocenters. The summed E-state index contributed by atoms with van der Waals surface area (Å²) >= 11 is 0.